The Morgan fingerprint density at radius 1 is 0.413 bits per heavy atom. The van der Waals surface area contributed by atoms with Crippen LogP contribution in [0.15, 0.2) is 36.5 Å². The Hall–Kier alpha value is -2.49. The number of hydrogen-bond donors (Lipinski definition) is 0. The predicted molar refractivity (Wildman–Crippen MR) is 316 cm³/mol. The Labute approximate surface area is 464 Å². The number of hydrogen-bond acceptors (Lipinski definition) is 8. The average molecular weight is 1060 g/mol. The van der Waals surface area contributed by atoms with Crippen molar-refractivity contribution < 1.29 is 42.9 Å². The molecule has 0 heterocycles. The minimum Gasteiger partial charge on any atom is -0.545 e. The molecule has 9 nitrogen and oxygen atoms in total. The fraction of sp³-hybridized carbons (Fsp3) is 0.864. The van der Waals surface area contributed by atoms with Gasteiger partial charge in [0.1, 0.15) is 13.2 Å². The van der Waals surface area contributed by atoms with E-state index in [-0.39, 0.29) is 32.2 Å². The molecule has 0 spiro atoms. The number of rotatable bonds is 60. The third kappa shape index (κ3) is 59.0. The number of carbonyl (C=O) groups is 3. The molecule has 75 heavy (non-hydrogen) atoms. The van der Waals surface area contributed by atoms with Crippen LogP contribution >= 0.6 is 0 Å². The zero-order valence-electron chi connectivity index (χ0n) is 50.2. The van der Waals surface area contributed by atoms with Gasteiger partial charge in [0.25, 0.3) is 0 Å². The lowest BCUT2D eigenvalue weighted by Crippen LogP contribution is -2.44. The first kappa shape index (κ1) is 72.5. The Morgan fingerprint density at radius 3 is 1.13 bits per heavy atom. The van der Waals surface area contributed by atoms with E-state index in [1.807, 2.05) is 21.1 Å². The van der Waals surface area contributed by atoms with Crippen LogP contribution in [0, 0.1) is 0 Å². The SMILES string of the molecule is CC/C=C\C/C=C\C/C=C\CCCCCCCC(=O)OC(COC(=O)CCCCCCCCCCCCCCCCCCCCCCCCCCCCCCCCCCCCC)COC(OCC[N+](C)(C)C)C(=O)[O-]. The molecule has 0 saturated heterocycles. The van der Waals surface area contributed by atoms with E-state index in [0.717, 1.165) is 70.6 Å². The lowest BCUT2D eigenvalue weighted by molar-refractivity contribution is -0.870. The van der Waals surface area contributed by atoms with E-state index in [4.69, 9.17) is 18.9 Å². The van der Waals surface area contributed by atoms with Gasteiger partial charge in [0.2, 0.25) is 0 Å². The third-order valence-corrected chi connectivity index (χ3v) is 14.4. The Bertz CT molecular complexity index is 1320. The normalized spacial score (nSPS) is 12.9. The quantitative estimate of drug-likeness (QED) is 0.0195. The van der Waals surface area contributed by atoms with E-state index in [0.29, 0.717) is 23.9 Å². The Balaban J connectivity index is 3.97. The molecule has 0 saturated carbocycles. The summed E-state index contributed by atoms with van der Waals surface area (Å²) < 4.78 is 22.7. The van der Waals surface area contributed by atoms with E-state index < -0.39 is 24.3 Å². The standard InChI is InChI=1S/C66H123NO8/c1-6-8-10-12-14-16-18-20-22-23-24-25-26-27-28-29-30-31-32-33-34-35-36-37-38-39-40-41-43-44-46-48-50-52-54-56-63(68)73-60-62(61-74-66(65(70)71)72-59-58-67(3,4)5)75-64(69)57-55-53-51-49-47-45-42-21-19-17-15-13-11-9-7-2/h9,11,15,17,21,42,62,66H,6-8,10,12-14,16,18-20,22-41,43-61H2,1-5H3/b11-9-,17-15-,42-21-. The van der Waals surface area contributed by atoms with E-state index in [2.05, 4.69) is 50.3 Å². The third-order valence-electron chi connectivity index (χ3n) is 14.4. The number of nitrogens with zero attached hydrogens (tertiary/aromatic N) is 1. The van der Waals surface area contributed by atoms with Crippen LogP contribution < -0.4 is 5.11 Å². The van der Waals surface area contributed by atoms with Gasteiger partial charge < -0.3 is 33.3 Å². The summed E-state index contributed by atoms with van der Waals surface area (Å²) in [5.74, 6) is -2.29. The molecule has 0 aromatic carbocycles. The van der Waals surface area contributed by atoms with Crippen molar-refractivity contribution in [2.24, 2.45) is 0 Å². The summed E-state index contributed by atoms with van der Waals surface area (Å²) in [4.78, 5) is 37.3. The van der Waals surface area contributed by atoms with Crippen LogP contribution in [0.5, 0.6) is 0 Å². The maximum Gasteiger partial charge on any atom is 0.306 e. The number of aliphatic carboxylic acids is 1. The number of carboxylic acids is 1. The van der Waals surface area contributed by atoms with Crippen molar-refractivity contribution in [2.45, 2.75) is 322 Å². The summed E-state index contributed by atoms with van der Waals surface area (Å²) >= 11 is 0. The van der Waals surface area contributed by atoms with Gasteiger partial charge in [-0.2, -0.15) is 0 Å². The number of carboxylic acid groups (broad SMARTS) is 1. The molecule has 0 amide bonds. The Kier molecular flexibility index (Phi) is 55.8. The van der Waals surface area contributed by atoms with Gasteiger partial charge in [0, 0.05) is 12.8 Å². The minimum atomic E-state index is -1.62. The van der Waals surface area contributed by atoms with Gasteiger partial charge in [0.15, 0.2) is 12.4 Å². The fourth-order valence-corrected chi connectivity index (χ4v) is 9.50. The van der Waals surface area contributed by atoms with Gasteiger partial charge in [-0.25, -0.2) is 0 Å². The van der Waals surface area contributed by atoms with Crippen molar-refractivity contribution in [3.8, 4) is 0 Å². The molecule has 0 bridgehead atoms. The second kappa shape index (κ2) is 57.7. The number of allylic oxidation sites excluding steroid dienone is 6. The highest BCUT2D eigenvalue weighted by molar-refractivity contribution is 5.70. The number of ether oxygens (including phenoxy) is 4. The van der Waals surface area contributed by atoms with Gasteiger partial charge in [0.05, 0.1) is 40.3 Å². The second-order valence-corrected chi connectivity index (χ2v) is 23.0. The topological polar surface area (TPSA) is 111 Å². The molecule has 2 atom stereocenters. The first-order valence-corrected chi connectivity index (χ1v) is 32.1. The number of esters is 2. The maximum atomic E-state index is 12.8. The first-order valence-electron chi connectivity index (χ1n) is 32.1. The van der Waals surface area contributed by atoms with Crippen LogP contribution in [-0.4, -0.2) is 82.3 Å². The maximum absolute atomic E-state index is 12.8. The Morgan fingerprint density at radius 2 is 0.760 bits per heavy atom. The average Bonchev–Trinajstić information content (AvgIpc) is 3.38. The molecule has 0 rings (SSSR count). The molecule has 440 valence electrons. The van der Waals surface area contributed by atoms with Crippen LogP contribution in [0.2, 0.25) is 0 Å². The van der Waals surface area contributed by atoms with Crippen molar-refractivity contribution in [3.63, 3.8) is 0 Å². The monoisotopic (exact) mass is 1060 g/mol. The summed E-state index contributed by atoms with van der Waals surface area (Å²) in [5, 5.41) is 11.8. The summed E-state index contributed by atoms with van der Waals surface area (Å²) in [6, 6.07) is 0. The number of unbranched alkanes of at least 4 members (excludes halogenated alkanes) is 39. The predicted octanol–water partition coefficient (Wildman–Crippen LogP) is 17.9. The van der Waals surface area contributed by atoms with E-state index in [1.54, 1.807) is 0 Å². The molecule has 0 aliphatic carbocycles. The molecule has 9 heteroatoms. The lowest BCUT2D eigenvalue weighted by Gasteiger charge is -2.26. The highest BCUT2D eigenvalue weighted by atomic mass is 16.7. The molecule has 2 unspecified atom stereocenters. The number of likely N-dealkylation sites (N-methyl/N-ethyl adjacent to an activating group) is 1. The van der Waals surface area contributed by atoms with E-state index >= 15 is 0 Å². The van der Waals surface area contributed by atoms with Gasteiger partial charge in [-0.15, -0.1) is 0 Å². The fourth-order valence-electron chi connectivity index (χ4n) is 9.50. The summed E-state index contributed by atoms with van der Waals surface area (Å²) in [7, 11) is 5.92. The molecule has 0 aliphatic heterocycles. The van der Waals surface area contributed by atoms with E-state index in [1.165, 1.54) is 205 Å². The smallest absolute Gasteiger partial charge is 0.306 e. The minimum absolute atomic E-state index is 0.145. The van der Waals surface area contributed by atoms with Crippen molar-refractivity contribution in [3.05, 3.63) is 36.5 Å². The van der Waals surface area contributed by atoms with Crippen molar-refractivity contribution in [2.75, 3.05) is 47.5 Å². The van der Waals surface area contributed by atoms with Gasteiger partial charge >= 0.3 is 11.9 Å². The molecule has 0 aromatic heterocycles. The highest BCUT2D eigenvalue weighted by Gasteiger charge is 2.22. The number of carbonyl (C=O) groups excluding carboxylic acids is 3. The van der Waals surface area contributed by atoms with Crippen LogP contribution in [-0.2, 0) is 33.3 Å². The molecule has 0 radical (unpaired) electrons. The van der Waals surface area contributed by atoms with Crippen LogP contribution in [0.4, 0.5) is 0 Å². The van der Waals surface area contributed by atoms with Crippen LogP contribution in [0.3, 0.4) is 0 Å². The second-order valence-electron chi connectivity index (χ2n) is 23.0. The van der Waals surface area contributed by atoms with Crippen LogP contribution in [0.25, 0.3) is 0 Å². The largest absolute Gasteiger partial charge is 0.545 e. The lowest BCUT2D eigenvalue weighted by atomic mass is 10.0. The summed E-state index contributed by atoms with van der Waals surface area (Å²) in [5.41, 5.74) is 0. The zero-order valence-corrected chi connectivity index (χ0v) is 50.2. The molecule has 0 aliphatic rings. The summed E-state index contributed by atoms with van der Waals surface area (Å²) in [6.45, 7) is 4.65. The molecule has 0 N–H and O–H groups in total. The number of quaternary nitrogens is 1. The first-order chi connectivity index (χ1) is 36.6. The van der Waals surface area contributed by atoms with E-state index in [9.17, 15) is 19.5 Å². The highest BCUT2D eigenvalue weighted by Crippen LogP contribution is 2.18. The van der Waals surface area contributed by atoms with Crippen LogP contribution in [0.1, 0.15) is 309 Å². The van der Waals surface area contributed by atoms with Gasteiger partial charge in [-0.1, -0.05) is 288 Å². The molecule has 0 fully saturated rings. The van der Waals surface area contributed by atoms with Crippen molar-refractivity contribution in [1.29, 1.82) is 0 Å². The van der Waals surface area contributed by atoms with Gasteiger partial charge in [-0.05, 0) is 44.9 Å². The van der Waals surface area contributed by atoms with Gasteiger partial charge in [-0.3, -0.25) is 9.59 Å². The summed E-state index contributed by atoms with van der Waals surface area (Å²) in [6.07, 6.45) is 68.2. The zero-order chi connectivity index (χ0) is 54.8. The van der Waals surface area contributed by atoms with Crippen molar-refractivity contribution in [1.82, 2.24) is 0 Å². The van der Waals surface area contributed by atoms with Crippen molar-refractivity contribution >= 4 is 17.9 Å². The molecule has 0 aromatic rings. The molecular weight excluding hydrogens is 935 g/mol. The molecular formula is C66H123NO8.